The number of nitrogens with zero attached hydrogens (tertiary/aromatic N) is 1. The summed E-state index contributed by atoms with van der Waals surface area (Å²) >= 11 is 0. The van der Waals surface area contributed by atoms with E-state index in [4.69, 9.17) is 0 Å². The number of benzene rings is 1. The highest BCUT2D eigenvalue weighted by Crippen LogP contribution is 2.46. The van der Waals surface area contributed by atoms with E-state index in [2.05, 4.69) is 17.0 Å². The first kappa shape index (κ1) is 14.6. The molecule has 2 aliphatic rings. The van der Waals surface area contributed by atoms with Crippen LogP contribution < -0.4 is 0 Å². The van der Waals surface area contributed by atoms with Crippen LogP contribution in [0.1, 0.15) is 56.6 Å². The quantitative estimate of drug-likeness (QED) is 0.914. The number of likely N-dealkylation sites (tertiary alicyclic amines) is 1. The average molecular weight is 287 g/mol. The Bertz CT molecular complexity index is 469. The molecule has 1 unspecified atom stereocenters. The lowest BCUT2D eigenvalue weighted by Crippen LogP contribution is -2.57. The van der Waals surface area contributed by atoms with Crippen LogP contribution in [-0.4, -0.2) is 29.1 Å². The topological polar surface area (TPSA) is 40.5 Å². The van der Waals surface area contributed by atoms with Crippen LogP contribution in [0.3, 0.4) is 0 Å². The molecule has 1 aliphatic carbocycles. The summed E-state index contributed by atoms with van der Waals surface area (Å²) in [6.45, 7) is 2.17. The molecule has 1 spiro atoms. The molecular weight excluding hydrogens is 262 g/mol. The van der Waals surface area contributed by atoms with E-state index in [1.54, 1.807) is 0 Å². The zero-order chi connectivity index (χ0) is 14.7. The van der Waals surface area contributed by atoms with Crippen LogP contribution in [0.5, 0.6) is 0 Å². The number of hydrogen-bond donors (Lipinski definition) is 1. The van der Waals surface area contributed by atoms with Crippen molar-refractivity contribution in [1.29, 1.82) is 0 Å². The van der Waals surface area contributed by atoms with Gasteiger partial charge in [-0.1, -0.05) is 56.0 Å². The average Bonchev–Trinajstić information content (AvgIpc) is 2.70. The van der Waals surface area contributed by atoms with Crippen LogP contribution in [0.15, 0.2) is 30.3 Å². The van der Waals surface area contributed by atoms with Gasteiger partial charge in [-0.05, 0) is 23.8 Å². The number of carboxylic acid groups (broad SMARTS) is 1. The molecule has 1 saturated heterocycles. The van der Waals surface area contributed by atoms with Crippen molar-refractivity contribution in [3.63, 3.8) is 0 Å². The van der Waals surface area contributed by atoms with Crippen LogP contribution in [-0.2, 0) is 4.79 Å². The van der Waals surface area contributed by atoms with Crippen LogP contribution in [0.2, 0.25) is 0 Å². The van der Waals surface area contributed by atoms with Gasteiger partial charge in [-0.3, -0.25) is 9.69 Å². The van der Waals surface area contributed by atoms with Crippen molar-refractivity contribution in [1.82, 2.24) is 4.90 Å². The summed E-state index contributed by atoms with van der Waals surface area (Å²) in [5.41, 5.74) is 1.63. The SMILES string of the molecule is O=C(O)CC(c1ccccc1)N1CC2(CCCCCC2)C1. The molecule has 0 amide bonds. The van der Waals surface area contributed by atoms with E-state index in [1.807, 2.05) is 18.2 Å². The van der Waals surface area contributed by atoms with E-state index in [0.717, 1.165) is 18.7 Å². The minimum absolute atomic E-state index is 0.0394. The van der Waals surface area contributed by atoms with Gasteiger partial charge in [-0.2, -0.15) is 0 Å². The molecule has 0 aromatic heterocycles. The summed E-state index contributed by atoms with van der Waals surface area (Å²) in [5.74, 6) is -0.703. The minimum atomic E-state index is -0.703. The van der Waals surface area contributed by atoms with Crippen LogP contribution in [0, 0.1) is 5.41 Å². The Kier molecular flexibility index (Phi) is 4.29. The smallest absolute Gasteiger partial charge is 0.305 e. The van der Waals surface area contributed by atoms with E-state index in [0.29, 0.717) is 5.41 Å². The summed E-state index contributed by atoms with van der Waals surface area (Å²) < 4.78 is 0. The molecule has 3 rings (SSSR count). The van der Waals surface area contributed by atoms with Crippen molar-refractivity contribution in [3.05, 3.63) is 35.9 Å². The first-order valence-electron chi connectivity index (χ1n) is 8.19. The fourth-order valence-corrected chi connectivity index (χ4v) is 4.13. The Morgan fingerprint density at radius 3 is 2.29 bits per heavy atom. The van der Waals surface area contributed by atoms with Crippen molar-refractivity contribution < 1.29 is 9.90 Å². The van der Waals surface area contributed by atoms with Gasteiger partial charge >= 0.3 is 5.97 Å². The third-order valence-electron chi connectivity index (χ3n) is 5.23. The van der Waals surface area contributed by atoms with E-state index >= 15 is 0 Å². The predicted molar refractivity (Wildman–Crippen MR) is 83.1 cm³/mol. The molecule has 1 atom stereocenters. The van der Waals surface area contributed by atoms with Crippen molar-refractivity contribution in [2.45, 2.75) is 51.0 Å². The second-order valence-corrected chi connectivity index (χ2v) is 6.84. The summed E-state index contributed by atoms with van der Waals surface area (Å²) in [6, 6.07) is 10.2. The molecule has 1 aromatic rings. The second kappa shape index (κ2) is 6.18. The number of hydrogen-bond acceptors (Lipinski definition) is 2. The van der Waals surface area contributed by atoms with Gasteiger partial charge in [0.05, 0.1) is 6.42 Å². The maximum Gasteiger partial charge on any atom is 0.305 e. The van der Waals surface area contributed by atoms with Crippen molar-refractivity contribution >= 4 is 5.97 Å². The Hall–Kier alpha value is -1.35. The lowest BCUT2D eigenvalue weighted by molar-refractivity contribution is -0.140. The minimum Gasteiger partial charge on any atom is -0.481 e. The Morgan fingerprint density at radius 2 is 1.71 bits per heavy atom. The molecule has 3 heteroatoms. The molecule has 1 heterocycles. The standard InChI is InChI=1S/C18H25NO2/c20-17(21)12-16(15-8-4-3-5-9-15)19-13-18(14-19)10-6-1-2-7-11-18/h3-5,8-9,16H,1-2,6-7,10-14H2,(H,20,21). The summed E-state index contributed by atoms with van der Waals surface area (Å²) in [7, 11) is 0. The number of aliphatic carboxylic acids is 1. The van der Waals surface area contributed by atoms with Crippen LogP contribution in [0.25, 0.3) is 0 Å². The number of carbonyl (C=O) groups is 1. The van der Waals surface area contributed by atoms with Gasteiger partial charge in [0.1, 0.15) is 0 Å². The van der Waals surface area contributed by atoms with E-state index in [9.17, 15) is 9.90 Å². The highest BCUT2D eigenvalue weighted by Gasteiger charge is 2.45. The third kappa shape index (κ3) is 3.29. The highest BCUT2D eigenvalue weighted by atomic mass is 16.4. The molecular formula is C18H25NO2. The molecule has 3 nitrogen and oxygen atoms in total. The number of carboxylic acids is 1. The molecule has 1 saturated carbocycles. The van der Waals surface area contributed by atoms with Crippen LogP contribution >= 0.6 is 0 Å². The predicted octanol–water partition coefficient (Wildman–Crippen LogP) is 3.86. The molecule has 114 valence electrons. The normalized spacial score (nSPS) is 23.2. The molecule has 1 N–H and O–H groups in total. The molecule has 1 aliphatic heterocycles. The Balaban J connectivity index is 1.70. The van der Waals surface area contributed by atoms with Crippen molar-refractivity contribution in [2.75, 3.05) is 13.1 Å². The zero-order valence-corrected chi connectivity index (χ0v) is 12.6. The first-order chi connectivity index (χ1) is 10.2. The fraction of sp³-hybridized carbons (Fsp3) is 0.611. The van der Waals surface area contributed by atoms with Gasteiger partial charge in [-0.15, -0.1) is 0 Å². The fourth-order valence-electron chi connectivity index (χ4n) is 4.13. The summed E-state index contributed by atoms with van der Waals surface area (Å²) in [4.78, 5) is 13.6. The lowest BCUT2D eigenvalue weighted by Gasteiger charge is -2.53. The molecule has 0 bridgehead atoms. The second-order valence-electron chi connectivity index (χ2n) is 6.84. The molecule has 21 heavy (non-hydrogen) atoms. The van der Waals surface area contributed by atoms with Crippen molar-refractivity contribution in [3.8, 4) is 0 Å². The first-order valence-corrected chi connectivity index (χ1v) is 8.19. The van der Waals surface area contributed by atoms with E-state index in [1.165, 1.54) is 38.5 Å². The summed E-state index contributed by atoms with van der Waals surface area (Å²) in [6.07, 6.45) is 8.32. The zero-order valence-electron chi connectivity index (χ0n) is 12.6. The van der Waals surface area contributed by atoms with Gasteiger partial charge in [0.15, 0.2) is 0 Å². The Labute approximate surface area is 127 Å². The van der Waals surface area contributed by atoms with Gasteiger partial charge in [-0.25, -0.2) is 0 Å². The largest absolute Gasteiger partial charge is 0.481 e. The van der Waals surface area contributed by atoms with Gasteiger partial charge in [0.2, 0.25) is 0 Å². The Morgan fingerprint density at radius 1 is 1.10 bits per heavy atom. The maximum atomic E-state index is 11.2. The molecule has 0 radical (unpaired) electrons. The molecule has 1 aromatic carbocycles. The van der Waals surface area contributed by atoms with E-state index < -0.39 is 5.97 Å². The van der Waals surface area contributed by atoms with E-state index in [-0.39, 0.29) is 12.5 Å². The summed E-state index contributed by atoms with van der Waals surface area (Å²) in [5, 5.41) is 9.23. The van der Waals surface area contributed by atoms with Gasteiger partial charge in [0.25, 0.3) is 0 Å². The van der Waals surface area contributed by atoms with Crippen molar-refractivity contribution in [2.24, 2.45) is 5.41 Å². The van der Waals surface area contributed by atoms with Gasteiger partial charge in [0, 0.05) is 19.1 Å². The lowest BCUT2D eigenvalue weighted by atomic mass is 9.72. The highest BCUT2D eigenvalue weighted by molar-refractivity contribution is 5.68. The third-order valence-corrected chi connectivity index (χ3v) is 5.23. The monoisotopic (exact) mass is 287 g/mol. The van der Waals surface area contributed by atoms with Gasteiger partial charge < -0.3 is 5.11 Å². The van der Waals surface area contributed by atoms with Crippen LogP contribution in [0.4, 0.5) is 0 Å². The maximum absolute atomic E-state index is 11.2. The molecule has 2 fully saturated rings. The number of rotatable bonds is 4.